The molecule has 1 atom stereocenters. The van der Waals surface area contributed by atoms with Crippen LogP contribution in [0.4, 0.5) is 0 Å². The molecule has 1 aliphatic rings. The van der Waals surface area contributed by atoms with Gasteiger partial charge in [0.2, 0.25) is 0 Å². The summed E-state index contributed by atoms with van der Waals surface area (Å²) < 4.78 is 5.23. The van der Waals surface area contributed by atoms with Crippen LogP contribution in [0.15, 0.2) is 36.5 Å². The number of likely N-dealkylation sites (N-methyl/N-ethyl adjacent to an activating group) is 1. The van der Waals surface area contributed by atoms with Crippen molar-refractivity contribution < 1.29 is 9.53 Å². The molecular formula is C18H25N5O2. The van der Waals surface area contributed by atoms with E-state index in [1.807, 2.05) is 24.3 Å². The van der Waals surface area contributed by atoms with Crippen LogP contribution >= 0.6 is 0 Å². The predicted molar refractivity (Wildman–Crippen MR) is 95.7 cm³/mol. The number of amides is 1. The first kappa shape index (κ1) is 17.4. The fraction of sp³-hybridized carbons (Fsp3) is 0.444. The van der Waals surface area contributed by atoms with Crippen LogP contribution in [0.1, 0.15) is 22.1 Å². The van der Waals surface area contributed by atoms with Gasteiger partial charge in [-0.05, 0) is 30.8 Å². The van der Waals surface area contributed by atoms with Gasteiger partial charge in [0, 0.05) is 38.9 Å². The molecule has 2 aromatic rings. The van der Waals surface area contributed by atoms with Crippen LogP contribution < -0.4 is 10.1 Å². The smallest absolute Gasteiger partial charge is 0.269 e. The molecule has 134 valence electrons. The van der Waals surface area contributed by atoms with Crippen molar-refractivity contribution in [3.05, 3.63) is 47.8 Å². The molecule has 3 rings (SSSR count). The second-order valence-electron chi connectivity index (χ2n) is 6.37. The van der Waals surface area contributed by atoms with Crippen molar-refractivity contribution in [1.29, 1.82) is 0 Å². The van der Waals surface area contributed by atoms with E-state index in [4.69, 9.17) is 4.74 Å². The number of carbonyl (C=O) groups excluding carboxylic acids is 1. The molecule has 7 heteroatoms. The normalized spacial score (nSPS) is 17.2. The van der Waals surface area contributed by atoms with Crippen LogP contribution in [0.3, 0.4) is 0 Å². The molecule has 0 radical (unpaired) electrons. The predicted octanol–water partition coefficient (Wildman–Crippen LogP) is 1.14. The van der Waals surface area contributed by atoms with Gasteiger partial charge < -0.3 is 15.0 Å². The number of piperazine rings is 1. The lowest BCUT2D eigenvalue weighted by molar-refractivity contribution is 0.0902. The van der Waals surface area contributed by atoms with E-state index in [2.05, 4.69) is 32.4 Å². The summed E-state index contributed by atoms with van der Waals surface area (Å²) in [6, 6.07) is 9.45. The summed E-state index contributed by atoms with van der Waals surface area (Å²) in [5.41, 5.74) is 1.53. The number of nitrogens with one attached hydrogen (secondary N) is 2. The molecule has 0 unspecified atom stereocenters. The van der Waals surface area contributed by atoms with E-state index < -0.39 is 0 Å². The minimum atomic E-state index is -0.146. The Balaban J connectivity index is 1.73. The highest BCUT2D eigenvalue weighted by atomic mass is 16.5. The third-order valence-electron chi connectivity index (χ3n) is 4.61. The molecule has 2 N–H and O–H groups in total. The van der Waals surface area contributed by atoms with Gasteiger partial charge in [-0.1, -0.05) is 12.1 Å². The number of aromatic nitrogens is 2. The minimum absolute atomic E-state index is 0.0925. The number of H-pyrrole nitrogens is 1. The quantitative estimate of drug-likeness (QED) is 0.823. The molecule has 1 fully saturated rings. The second-order valence-corrected chi connectivity index (χ2v) is 6.37. The van der Waals surface area contributed by atoms with E-state index in [1.165, 1.54) is 0 Å². The summed E-state index contributed by atoms with van der Waals surface area (Å²) in [6.45, 7) is 4.87. The van der Waals surface area contributed by atoms with Gasteiger partial charge in [0.05, 0.1) is 13.2 Å². The van der Waals surface area contributed by atoms with Gasteiger partial charge in [0.25, 0.3) is 5.91 Å². The number of hydrogen-bond acceptors (Lipinski definition) is 5. The lowest BCUT2D eigenvalue weighted by atomic mass is 10.1. The lowest BCUT2D eigenvalue weighted by Gasteiger charge is -2.35. The Bertz CT molecular complexity index is 663. The fourth-order valence-electron chi connectivity index (χ4n) is 2.98. The zero-order valence-electron chi connectivity index (χ0n) is 14.7. The Morgan fingerprint density at radius 3 is 2.56 bits per heavy atom. The lowest BCUT2D eigenvalue weighted by Crippen LogP contribution is -2.47. The Hall–Kier alpha value is -2.38. The highest BCUT2D eigenvalue weighted by Gasteiger charge is 2.22. The topological polar surface area (TPSA) is 73.5 Å². The van der Waals surface area contributed by atoms with E-state index in [9.17, 15) is 4.79 Å². The monoisotopic (exact) mass is 343 g/mol. The Labute approximate surface area is 148 Å². The molecule has 1 amide bonds. The van der Waals surface area contributed by atoms with Crippen molar-refractivity contribution in [1.82, 2.24) is 25.3 Å². The number of carbonyl (C=O) groups is 1. The zero-order valence-corrected chi connectivity index (χ0v) is 14.7. The first-order valence-electron chi connectivity index (χ1n) is 8.51. The maximum absolute atomic E-state index is 12.5. The fourth-order valence-corrected chi connectivity index (χ4v) is 2.98. The summed E-state index contributed by atoms with van der Waals surface area (Å²) in [7, 11) is 3.79. The van der Waals surface area contributed by atoms with E-state index in [1.54, 1.807) is 19.4 Å². The van der Waals surface area contributed by atoms with Gasteiger partial charge in [-0.3, -0.25) is 14.8 Å². The number of nitrogens with zero attached hydrogens (tertiary/aromatic N) is 3. The third kappa shape index (κ3) is 4.58. The highest BCUT2D eigenvalue weighted by molar-refractivity contribution is 5.92. The van der Waals surface area contributed by atoms with E-state index in [-0.39, 0.29) is 11.9 Å². The molecule has 2 heterocycles. The summed E-state index contributed by atoms with van der Waals surface area (Å²) >= 11 is 0. The average Bonchev–Trinajstić information content (AvgIpc) is 3.18. The molecule has 1 aromatic heterocycles. The van der Waals surface area contributed by atoms with Crippen LogP contribution in [0, 0.1) is 0 Å². The standard InChI is InChI=1S/C18H25N5O2/c1-22-9-11-23(12-10-22)13-17(14-3-5-15(25-2)6-4-14)20-18(24)16-7-8-19-21-16/h3-8,17H,9-13H2,1-2H3,(H,19,21)(H,20,24)/t17-/m0/s1. The zero-order chi connectivity index (χ0) is 17.6. The molecule has 7 nitrogen and oxygen atoms in total. The van der Waals surface area contributed by atoms with Gasteiger partial charge >= 0.3 is 0 Å². The van der Waals surface area contributed by atoms with Crippen LogP contribution in [0.25, 0.3) is 0 Å². The number of rotatable bonds is 6. The number of ether oxygens (including phenoxy) is 1. The van der Waals surface area contributed by atoms with Crippen LogP contribution in [0.5, 0.6) is 5.75 Å². The molecule has 0 bridgehead atoms. The summed E-state index contributed by atoms with van der Waals surface area (Å²) in [5, 5.41) is 9.70. The minimum Gasteiger partial charge on any atom is -0.497 e. The number of hydrogen-bond donors (Lipinski definition) is 2. The summed E-state index contributed by atoms with van der Waals surface area (Å²) in [6.07, 6.45) is 1.58. The largest absolute Gasteiger partial charge is 0.497 e. The van der Waals surface area contributed by atoms with Crippen LogP contribution in [-0.4, -0.2) is 72.8 Å². The van der Waals surface area contributed by atoms with Crippen molar-refractivity contribution in [2.75, 3.05) is 46.9 Å². The maximum Gasteiger partial charge on any atom is 0.269 e. The Morgan fingerprint density at radius 2 is 1.96 bits per heavy atom. The van der Waals surface area contributed by atoms with E-state index in [0.717, 1.165) is 44.0 Å². The second kappa shape index (κ2) is 8.13. The SMILES string of the molecule is COc1ccc([C@H](CN2CCN(C)CC2)NC(=O)c2ccn[nH]2)cc1. The van der Waals surface area contributed by atoms with Crippen LogP contribution in [0.2, 0.25) is 0 Å². The van der Waals surface area contributed by atoms with Gasteiger partial charge in [-0.2, -0.15) is 5.10 Å². The summed E-state index contributed by atoms with van der Waals surface area (Å²) in [4.78, 5) is 17.2. The Kier molecular flexibility index (Phi) is 5.67. The van der Waals surface area contributed by atoms with Gasteiger partial charge in [0.15, 0.2) is 0 Å². The maximum atomic E-state index is 12.5. The van der Waals surface area contributed by atoms with E-state index in [0.29, 0.717) is 5.69 Å². The Morgan fingerprint density at radius 1 is 1.24 bits per heavy atom. The number of methoxy groups -OCH3 is 1. The van der Waals surface area contributed by atoms with Gasteiger partial charge in [-0.25, -0.2) is 0 Å². The van der Waals surface area contributed by atoms with Crippen molar-refractivity contribution in [3.63, 3.8) is 0 Å². The van der Waals surface area contributed by atoms with Gasteiger partial charge in [-0.15, -0.1) is 0 Å². The van der Waals surface area contributed by atoms with Crippen molar-refractivity contribution in [2.45, 2.75) is 6.04 Å². The van der Waals surface area contributed by atoms with Gasteiger partial charge in [0.1, 0.15) is 11.4 Å². The molecule has 1 saturated heterocycles. The summed E-state index contributed by atoms with van der Waals surface area (Å²) in [5.74, 6) is 0.662. The number of aromatic amines is 1. The molecular weight excluding hydrogens is 318 g/mol. The van der Waals surface area contributed by atoms with Crippen LogP contribution in [-0.2, 0) is 0 Å². The molecule has 0 aliphatic carbocycles. The average molecular weight is 343 g/mol. The number of benzene rings is 1. The highest BCUT2D eigenvalue weighted by Crippen LogP contribution is 2.20. The first-order valence-corrected chi connectivity index (χ1v) is 8.51. The first-order chi connectivity index (χ1) is 12.2. The van der Waals surface area contributed by atoms with Crippen molar-refractivity contribution in [2.24, 2.45) is 0 Å². The molecule has 1 aromatic carbocycles. The molecule has 0 spiro atoms. The molecule has 1 aliphatic heterocycles. The van der Waals surface area contributed by atoms with Crippen molar-refractivity contribution >= 4 is 5.91 Å². The third-order valence-corrected chi connectivity index (χ3v) is 4.61. The van der Waals surface area contributed by atoms with Crippen molar-refractivity contribution in [3.8, 4) is 5.75 Å². The van der Waals surface area contributed by atoms with E-state index >= 15 is 0 Å². The molecule has 25 heavy (non-hydrogen) atoms. The molecule has 0 saturated carbocycles.